The quantitative estimate of drug-likeness (QED) is 0.774. The Morgan fingerprint density at radius 1 is 1.04 bits per heavy atom. The van der Waals surface area contributed by atoms with Crippen molar-refractivity contribution in [2.45, 2.75) is 19.4 Å². The molecule has 2 aromatic rings. The molecule has 7 nitrogen and oxygen atoms in total. The van der Waals surface area contributed by atoms with Crippen LogP contribution in [0.25, 0.3) is 0 Å². The van der Waals surface area contributed by atoms with E-state index in [4.69, 9.17) is 14.7 Å². The first-order chi connectivity index (χ1) is 12.8. The molecule has 1 saturated heterocycles. The molecule has 138 valence electrons. The van der Waals surface area contributed by atoms with Gasteiger partial charge in [0.1, 0.15) is 28.9 Å². The first-order valence-electron chi connectivity index (χ1n) is 8.28. The fourth-order valence-corrected chi connectivity index (χ4v) is 2.75. The summed E-state index contributed by atoms with van der Waals surface area (Å²) >= 11 is 0. The molecule has 0 aromatic heterocycles. The van der Waals surface area contributed by atoms with E-state index in [0.29, 0.717) is 28.5 Å². The highest BCUT2D eigenvalue weighted by Gasteiger charge is 2.49. The van der Waals surface area contributed by atoms with Gasteiger partial charge in [-0.15, -0.1) is 0 Å². The maximum Gasteiger partial charge on any atom is 0.332 e. The normalized spacial score (nSPS) is 15.7. The molecule has 0 aliphatic carbocycles. The van der Waals surface area contributed by atoms with Gasteiger partial charge in [-0.3, -0.25) is 4.79 Å². The first kappa shape index (κ1) is 18.3. The highest BCUT2D eigenvalue weighted by molar-refractivity contribution is 6.22. The number of nitriles is 1. The van der Waals surface area contributed by atoms with Gasteiger partial charge in [-0.1, -0.05) is 0 Å². The minimum absolute atomic E-state index is 0.277. The summed E-state index contributed by atoms with van der Waals surface area (Å²) in [6.07, 6.45) is 0. The number of nitrogens with zero attached hydrogens (tertiary/aromatic N) is 3. The summed E-state index contributed by atoms with van der Waals surface area (Å²) in [5.41, 5.74) is 0.0100. The number of rotatable bonds is 4. The number of carbonyl (C=O) groups excluding carboxylic acids is 2. The predicted molar refractivity (Wildman–Crippen MR) is 98.9 cm³/mol. The molecule has 0 saturated carbocycles. The van der Waals surface area contributed by atoms with Crippen molar-refractivity contribution in [1.82, 2.24) is 4.90 Å². The molecular formula is C20H19N3O4. The third-order valence-corrected chi connectivity index (χ3v) is 4.67. The van der Waals surface area contributed by atoms with Crippen molar-refractivity contribution in [1.29, 1.82) is 5.26 Å². The van der Waals surface area contributed by atoms with Gasteiger partial charge in [0.05, 0.1) is 18.4 Å². The van der Waals surface area contributed by atoms with Crippen molar-refractivity contribution < 1.29 is 19.1 Å². The van der Waals surface area contributed by atoms with E-state index in [-0.39, 0.29) is 11.9 Å². The second-order valence-electron chi connectivity index (χ2n) is 6.61. The minimum atomic E-state index is -0.884. The summed E-state index contributed by atoms with van der Waals surface area (Å²) in [5.74, 6) is 1.18. The minimum Gasteiger partial charge on any atom is -0.495 e. The van der Waals surface area contributed by atoms with Crippen molar-refractivity contribution in [3.8, 4) is 23.3 Å². The van der Waals surface area contributed by atoms with Crippen molar-refractivity contribution in [2.24, 2.45) is 0 Å². The average molecular weight is 365 g/mol. The lowest BCUT2D eigenvalue weighted by molar-refractivity contribution is -0.123. The third kappa shape index (κ3) is 3.06. The van der Waals surface area contributed by atoms with Crippen LogP contribution in [0, 0.1) is 11.3 Å². The summed E-state index contributed by atoms with van der Waals surface area (Å²) in [6.45, 7) is 3.42. The molecule has 1 aliphatic rings. The largest absolute Gasteiger partial charge is 0.495 e. The zero-order valence-electron chi connectivity index (χ0n) is 15.5. The number of urea groups is 1. The van der Waals surface area contributed by atoms with Crippen LogP contribution in [0.2, 0.25) is 0 Å². The Bertz CT molecular complexity index is 945. The molecule has 1 heterocycles. The van der Waals surface area contributed by atoms with Crippen molar-refractivity contribution in [2.75, 3.05) is 19.1 Å². The molecule has 0 N–H and O–H groups in total. The van der Waals surface area contributed by atoms with E-state index in [2.05, 4.69) is 0 Å². The molecule has 27 heavy (non-hydrogen) atoms. The van der Waals surface area contributed by atoms with E-state index in [1.165, 1.54) is 12.0 Å². The van der Waals surface area contributed by atoms with E-state index in [1.807, 2.05) is 6.07 Å². The molecule has 1 aliphatic heterocycles. The standard InChI is InChI=1S/C20H19N3O4/c1-20(2)18(24)23(19(25)22(20)3)14-6-9-15(10-7-14)27-16-8-5-13(12-21)17(11-16)26-4/h5-11H,1-4H3. The van der Waals surface area contributed by atoms with E-state index in [9.17, 15) is 9.59 Å². The smallest absolute Gasteiger partial charge is 0.332 e. The van der Waals surface area contributed by atoms with Gasteiger partial charge in [0, 0.05) is 13.1 Å². The number of ether oxygens (including phenoxy) is 2. The van der Waals surface area contributed by atoms with Crippen LogP contribution < -0.4 is 14.4 Å². The summed E-state index contributed by atoms with van der Waals surface area (Å²) in [6, 6.07) is 13.2. The van der Waals surface area contributed by atoms with Crippen LogP contribution in [0.1, 0.15) is 19.4 Å². The van der Waals surface area contributed by atoms with Gasteiger partial charge in [0.15, 0.2) is 0 Å². The van der Waals surface area contributed by atoms with Crippen molar-refractivity contribution >= 4 is 17.6 Å². The lowest BCUT2D eigenvalue weighted by Gasteiger charge is -2.22. The Labute approximate surface area is 157 Å². The Kier molecular flexibility index (Phi) is 4.50. The Balaban J connectivity index is 1.82. The van der Waals surface area contributed by atoms with Crippen molar-refractivity contribution in [3.05, 3.63) is 48.0 Å². The van der Waals surface area contributed by atoms with Crippen LogP contribution in [0.5, 0.6) is 17.2 Å². The number of anilines is 1. The van der Waals surface area contributed by atoms with Crippen LogP contribution in [0.3, 0.4) is 0 Å². The maximum atomic E-state index is 12.5. The molecule has 2 aromatic carbocycles. The third-order valence-electron chi connectivity index (χ3n) is 4.67. The van der Waals surface area contributed by atoms with Gasteiger partial charge in [0.25, 0.3) is 5.91 Å². The number of hydrogen-bond acceptors (Lipinski definition) is 5. The number of methoxy groups -OCH3 is 1. The molecular weight excluding hydrogens is 346 g/mol. The zero-order valence-corrected chi connectivity index (χ0v) is 15.5. The number of hydrogen-bond donors (Lipinski definition) is 0. The zero-order chi connectivity index (χ0) is 19.8. The van der Waals surface area contributed by atoms with Gasteiger partial charge in [-0.25, -0.2) is 9.69 Å². The summed E-state index contributed by atoms with van der Waals surface area (Å²) in [5, 5.41) is 9.03. The van der Waals surface area contributed by atoms with E-state index in [1.54, 1.807) is 63.4 Å². The van der Waals surface area contributed by atoms with Gasteiger partial charge < -0.3 is 14.4 Å². The number of likely N-dealkylation sites (N-methyl/N-ethyl adjacent to an activating group) is 1. The van der Waals surface area contributed by atoms with E-state index < -0.39 is 5.54 Å². The first-order valence-corrected chi connectivity index (χ1v) is 8.28. The maximum absolute atomic E-state index is 12.5. The van der Waals surface area contributed by atoms with Crippen LogP contribution in [-0.4, -0.2) is 36.5 Å². The highest BCUT2D eigenvalue weighted by Crippen LogP contribution is 2.33. The Morgan fingerprint density at radius 3 is 2.19 bits per heavy atom. The fourth-order valence-electron chi connectivity index (χ4n) is 2.75. The summed E-state index contributed by atoms with van der Waals surface area (Å²) < 4.78 is 10.9. The molecule has 3 amide bonds. The fraction of sp³-hybridized carbons (Fsp3) is 0.250. The molecule has 3 rings (SSSR count). The predicted octanol–water partition coefficient (Wildman–Crippen LogP) is 3.54. The molecule has 0 radical (unpaired) electrons. The number of imide groups is 1. The molecule has 7 heteroatoms. The second kappa shape index (κ2) is 6.65. The molecule has 1 fully saturated rings. The lowest BCUT2D eigenvalue weighted by Crippen LogP contribution is -2.41. The topological polar surface area (TPSA) is 82.9 Å². The van der Waals surface area contributed by atoms with Crippen LogP contribution >= 0.6 is 0 Å². The monoisotopic (exact) mass is 365 g/mol. The molecule has 0 spiro atoms. The number of amides is 3. The SMILES string of the molecule is COc1cc(Oc2ccc(N3C(=O)N(C)C(C)(C)C3=O)cc2)ccc1C#N. The van der Waals surface area contributed by atoms with Gasteiger partial charge in [-0.05, 0) is 50.2 Å². The molecule has 0 bridgehead atoms. The average Bonchev–Trinajstić information content (AvgIpc) is 2.82. The Morgan fingerprint density at radius 2 is 1.67 bits per heavy atom. The second-order valence-corrected chi connectivity index (χ2v) is 6.61. The van der Waals surface area contributed by atoms with Gasteiger partial charge in [-0.2, -0.15) is 5.26 Å². The van der Waals surface area contributed by atoms with E-state index >= 15 is 0 Å². The number of benzene rings is 2. The molecule has 0 atom stereocenters. The lowest BCUT2D eigenvalue weighted by atomic mass is 10.1. The summed E-state index contributed by atoms with van der Waals surface area (Å²) in [4.78, 5) is 27.5. The van der Waals surface area contributed by atoms with E-state index in [0.717, 1.165) is 4.90 Å². The molecule has 0 unspecified atom stereocenters. The van der Waals surface area contributed by atoms with Crippen LogP contribution in [0.4, 0.5) is 10.5 Å². The van der Waals surface area contributed by atoms with Gasteiger partial charge >= 0.3 is 6.03 Å². The van der Waals surface area contributed by atoms with Crippen LogP contribution in [-0.2, 0) is 4.79 Å². The van der Waals surface area contributed by atoms with Crippen LogP contribution in [0.15, 0.2) is 42.5 Å². The summed E-state index contributed by atoms with van der Waals surface area (Å²) in [7, 11) is 3.09. The van der Waals surface area contributed by atoms with Crippen molar-refractivity contribution in [3.63, 3.8) is 0 Å². The highest BCUT2D eigenvalue weighted by atomic mass is 16.5. The number of carbonyl (C=O) groups is 2. The van der Waals surface area contributed by atoms with Gasteiger partial charge in [0.2, 0.25) is 0 Å². The Hall–Kier alpha value is -3.53.